The van der Waals surface area contributed by atoms with Gasteiger partial charge >= 0.3 is 5.69 Å². The average molecular weight is 458 g/mol. The van der Waals surface area contributed by atoms with E-state index < -0.39 is 5.60 Å². The molecule has 1 aromatic heterocycles. The van der Waals surface area contributed by atoms with E-state index in [1.807, 2.05) is 27.7 Å². The van der Waals surface area contributed by atoms with Crippen molar-refractivity contribution < 1.29 is 9.90 Å². The lowest BCUT2D eigenvalue weighted by Gasteiger charge is -2.56. The van der Waals surface area contributed by atoms with Crippen LogP contribution in [0.4, 0.5) is 0 Å². The standard InChI is InChI=1S/C27H43N3O3/c1-25(2,3)30-24(32)29(16-28-30)15-23(31)22-9-8-21-20-7-6-17-14-26(4,33)12-10-18(17)19(20)11-13-27(21,22)5/h16-22,33H,6-15H2,1-5H3/t17-,18+,19-,20-,21+,22-,26-,27+/m1/s1. The third kappa shape index (κ3) is 3.84. The summed E-state index contributed by atoms with van der Waals surface area (Å²) in [5.41, 5.74) is -0.985. The third-order valence-electron chi connectivity index (χ3n) is 10.3. The monoisotopic (exact) mass is 457 g/mol. The molecule has 33 heavy (non-hydrogen) atoms. The SMILES string of the molecule is CC(C)(C)n1ncn(CC(=O)[C@H]2CC[C@H]3[C@@H]4CC[C@@H]5C[C@](C)(O)CC[C@@H]5[C@H]4CC[C@]23C)c1=O. The fraction of sp³-hybridized carbons (Fsp3) is 0.889. The van der Waals surface area contributed by atoms with Crippen molar-refractivity contribution in [1.82, 2.24) is 14.3 Å². The number of aromatic nitrogens is 3. The van der Waals surface area contributed by atoms with Gasteiger partial charge in [-0.1, -0.05) is 6.92 Å². The summed E-state index contributed by atoms with van der Waals surface area (Å²) in [5.74, 6) is 3.86. The molecule has 0 amide bonds. The molecule has 5 rings (SSSR count). The first kappa shape index (κ1) is 23.3. The Hall–Kier alpha value is -1.43. The molecule has 6 nitrogen and oxygen atoms in total. The molecular formula is C27H43N3O3. The minimum absolute atomic E-state index is 0.0538. The summed E-state index contributed by atoms with van der Waals surface area (Å²) in [6.45, 7) is 10.4. The van der Waals surface area contributed by atoms with Crippen LogP contribution >= 0.6 is 0 Å². The molecule has 0 radical (unpaired) electrons. The van der Waals surface area contributed by atoms with Crippen LogP contribution < -0.4 is 5.69 Å². The Balaban J connectivity index is 1.31. The minimum Gasteiger partial charge on any atom is -0.390 e. The Morgan fingerprint density at radius 2 is 1.79 bits per heavy atom. The molecular weight excluding hydrogens is 414 g/mol. The predicted octanol–water partition coefficient (Wildman–Crippen LogP) is 4.39. The number of hydrogen-bond acceptors (Lipinski definition) is 4. The van der Waals surface area contributed by atoms with Crippen LogP contribution in [0.15, 0.2) is 11.1 Å². The third-order valence-corrected chi connectivity index (χ3v) is 10.3. The van der Waals surface area contributed by atoms with Crippen molar-refractivity contribution in [3.05, 3.63) is 16.8 Å². The van der Waals surface area contributed by atoms with Gasteiger partial charge in [-0.05, 0) is 120 Å². The molecule has 6 heteroatoms. The fourth-order valence-electron chi connectivity index (χ4n) is 8.79. The number of ketones is 1. The Morgan fingerprint density at radius 3 is 2.48 bits per heavy atom. The molecule has 0 aliphatic heterocycles. The molecule has 0 aromatic carbocycles. The Kier molecular flexibility index (Phi) is 5.51. The minimum atomic E-state index is -0.471. The maximum atomic E-state index is 13.5. The molecule has 8 atom stereocenters. The van der Waals surface area contributed by atoms with Gasteiger partial charge in [0.15, 0.2) is 5.78 Å². The van der Waals surface area contributed by atoms with Crippen molar-refractivity contribution >= 4 is 5.78 Å². The van der Waals surface area contributed by atoms with E-state index in [4.69, 9.17) is 0 Å². The van der Waals surface area contributed by atoms with Crippen molar-refractivity contribution in [3.63, 3.8) is 0 Å². The molecule has 0 unspecified atom stereocenters. The first-order valence-electron chi connectivity index (χ1n) is 13.3. The highest BCUT2D eigenvalue weighted by Gasteiger charge is 2.58. The number of nitrogens with zero attached hydrogens (tertiary/aromatic N) is 3. The molecule has 4 saturated carbocycles. The van der Waals surface area contributed by atoms with E-state index in [0.29, 0.717) is 11.8 Å². The van der Waals surface area contributed by atoms with Crippen LogP contribution in [0.3, 0.4) is 0 Å². The van der Waals surface area contributed by atoms with Crippen LogP contribution in [-0.2, 0) is 16.9 Å². The summed E-state index contributed by atoms with van der Waals surface area (Å²) in [6.07, 6.45) is 11.6. The van der Waals surface area contributed by atoms with Gasteiger partial charge in [0.05, 0.1) is 17.7 Å². The van der Waals surface area contributed by atoms with Crippen molar-refractivity contribution in [2.45, 2.75) is 110 Å². The fourth-order valence-corrected chi connectivity index (χ4v) is 8.79. The highest BCUT2D eigenvalue weighted by Crippen LogP contribution is 2.64. The molecule has 0 bridgehead atoms. The second kappa shape index (κ2) is 7.79. The second-order valence-corrected chi connectivity index (χ2v) is 13.4. The summed E-state index contributed by atoms with van der Waals surface area (Å²) in [7, 11) is 0. The average Bonchev–Trinajstić information content (AvgIpc) is 3.26. The molecule has 1 aromatic rings. The molecule has 0 spiro atoms. The largest absolute Gasteiger partial charge is 0.390 e. The Morgan fingerprint density at radius 1 is 1.06 bits per heavy atom. The molecule has 4 fully saturated rings. The van der Waals surface area contributed by atoms with Gasteiger partial charge in [0, 0.05) is 5.92 Å². The number of fused-ring (bicyclic) bond motifs is 5. The lowest BCUT2D eigenvalue weighted by atomic mass is 9.49. The number of carbonyl (C=O) groups excluding carboxylic acids is 1. The summed E-state index contributed by atoms with van der Waals surface area (Å²) in [5, 5.41) is 14.9. The van der Waals surface area contributed by atoms with E-state index in [1.54, 1.807) is 0 Å². The zero-order valence-corrected chi connectivity index (χ0v) is 21.2. The van der Waals surface area contributed by atoms with Gasteiger partial charge in [0.2, 0.25) is 0 Å². The van der Waals surface area contributed by atoms with E-state index in [0.717, 1.165) is 49.9 Å². The number of Topliss-reactive ketones (excluding diaryl/α,β-unsaturated/α-hetero) is 1. The molecule has 0 saturated heterocycles. The first-order chi connectivity index (χ1) is 15.4. The van der Waals surface area contributed by atoms with Gasteiger partial charge in [0.25, 0.3) is 0 Å². The zero-order chi connectivity index (χ0) is 23.8. The van der Waals surface area contributed by atoms with E-state index in [1.165, 1.54) is 41.3 Å². The van der Waals surface area contributed by atoms with E-state index in [-0.39, 0.29) is 34.9 Å². The Bertz CT molecular complexity index is 970. The summed E-state index contributed by atoms with van der Waals surface area (Å²) in [6, 6.07) is 0. The first-order valence-corrected chi connectivity index (χ1v) is 13.3. The van der Waals surface area contributed by atoms with Crippen molar-refractivity contribution in [2.24, 2.45) is 40.9 Å². The number of aliphatic hydroxyl groups is 1. The highest BCUT2D eigenvalue weighted by atomic mass is 16.3. The van der Waals surface area contributed by atoms with Crippen LogP contribution in [0.5, 0.6) is 0 Å². The van der Waals surface area contributed by atoms with Crippen molar-refractivity contribution in [1.29, 1.82) is 0 Å². The smallest absolute Gasteiger partial charge is 0.346 e. The van der Waals surface area contributed by atoms with Gasteiger partial charge in [-0.2, -0.15) is 5.10 Å². The lowest BCUT2D eigenvalue weighted by Crippen LogP contribution is -2.51. The van der Waals surface area contributed by atoms with Crippen LogP contribution in [0.2, 0.25) is 0 Å². The van der Waals surface area contributed by atoms with E-state index in [2.05, 4.69) is 12.0 Å². The van der Waals surface area contributed by atoms with Crippen molar-refractivity contribution in [2.75, 3.05) is 0 Å². The van der Waals surface area contributed by atoms with Gasteiger partial charge in [-0.3, -0.25) is 9.36 Å². The van der Waals surface area contributed by atoms with Gasteiger partial charge in [0.1, 0.15) is 6.33 Å². The Labute approximate surface area is 198 Å². The number of rotatable bonds is 3. The molecule has 4 aliphatic carbocycles. The molecule has 1 N–H and O–H groups in total. The summed E-state index contributed by atoms with van der Waals surface area (Å²) in [4.78, 5) is 26.3. The van der Waals surface area contributed by atoms with E-state index >= 15 is 0 Å². The highest BCUT2D eigenvalue weighted by molar-refractivity contribution is 5.82. The molecule has 1 heterocycles. The molecule has 4 aliphatic rings. The van der Waals surface area contributed by atoms with E-state index in [9.17, 15) is 14.7 Å². The quantitative estimate of drug-likeness (QED) is 0.730. The van der Waals surface area contributed by atoms with Gasteiger partial charge in [-0.25, -0.2) is 9.48 Å². The van der Waals surface area contributed by atoms with Gasteiger partial charge in [-0.15, -0.1) is 0 Å². The summed E-state index contributed by atoms with van der Waals surface area (Å²) >= 11 is 0. The number of hydrogen-bond donors (Lipinski definition) is 1. The zero-order valence-electron chi connectivity index (χ0n) is 21.2. The maximum Gasteiger partial charge on any atom is 0.346 e. The van der Waals surface area contributed by atoms with Crippen molar-refractivity contribution in [3.8, 4) is 0 Å². The topological polar surface area (TPSA) is 77.1 Å². The van der Waals surface area contributed by atoms with Crippen LogP contribution in [0.1, 0.15) is 92.4 Å². The maximum absolute atomic E-state index is 13.5. The molecule has 184 valence electrons. The van der Waals surface area contributed by atoms with Crippen LogP contribution in [0, 0.1) is 40.9 Å². The normalized spacial score (nSPS) is 43.0. The van der Waals surface area contributed by atoms with Gasteiger partial charge < -0.3 is 5.11 Å². The second-order valence-electron chi connectivity index (χ2n) is 13.4. The lowest BCUT2D eigenvalue weighted by molar-refractivity contribution is -0.133. The number of carbonyl (C=O) groups is 1. The van der Waals surface area contributed by atoms with Crippen LogP contribution in [0.25, 0.3) is 0 Å². The van der Waals surface area contributed by atoms with Crippen LogP contribution in [-0.4, -0.2) is 30.8 Å². The predicted molar refractivity (Wildman–Crippen MR) is 128 cm³/mol. The summed E-state index contributed by atoms with van der Waals surface area (Å²) < 4.78 is 2.99.